The Bertz CT molecular complexity index is 609. The van der Waals surface area contributed by atoms with Gasteiger partial charge in [-0.3, -0.25) is 10.1 Å². The van der Waals surface area contributed by atoms with E-state index in [0.717, 1.165) is 13.0 Å². The van der Waals surface area contributed by atoms with E-state index in [1.165, 1.54) is 18.2 Å². The van der Waals surface area contributed by atoms with Gasteiger partial charge in [0.05, 0.1) is 36.9 Å². The molecule has 7 heteroatoms. The topological polar surface area (TPSA) is 87.2 Å². The van der Waals surface area contributed by atoms with Gasteiger partial charge in [0.1, 0.15) is 18.1 Å². The quantitative estimate of drug-likeness (QED) is 0.283. The monoisotopic (exact) mass is 277 g/mol. The summed E-state index contributed by atoms with van der Waals surface area (Å²) in [7, 11) is 1.96. The average Bonchev–Trinajstić information content (AvgIpc) is 2.82. The van der Waals surface area contributed by atoms with Crippen molar-refractivity contribution in [2.24, 2.45) is 7.05 Å². The highest BCUT2D eigenvalue weighted by molar-refractivity contribution is 5.57. The van der Waals surface area contributed by atoms with Gasteiger partial charge in [0, 0.05) is 12.5 Å². The molecule has 0 aliphatic rings. The van der Waals surface area contributed by atoms with Crippen molar-refractivity contribution in [3.8, 4) is 5.75 Å². The van der Waals surface area contributed by atoms with Crippen LogP contribution in [0.15, 0.2) is 36.9 Å². The number of anilines is 1. The molecule has 0 bridgehead atoms. The van der Waals surface area contributed by atoms with Crippen molar-refractivity contribution in [3.63, 3.8) is 0 Å². The normalized spacial score (nSPS) is 10.4. The summed E-state index contributed by atoms with van der Waals surface area (Å²) in [5, 5.41) is 10.7. The van der Waals surface area contributed by atoms with Gasteiger partial charge in [-0.2, -0.15) is 0 Å². The summed E-state index contributed by atoms with van der Waals surface area (Å²) in [6, 6.07) is 4.20. The highest BCUT2D eigenvalue weighted by Gasteiger charge is 2.10. The van der Waals surface area contributed by atoms with Crippen LogP contribution in [0, 0.1) is 10.1 Å². The summed E-state index contributed by atoms with van der Waals surface area (Å²) >= 11 is 0. The average molecular weight is 277 g/mol. The molecule has 7 nitrogen and oxygen atoms in total. The molecule has 0 unspecified atom stereocenters. The second kappa shape index (κ2) is 6.05. The fourth-order valence-electron chi connectivity index (χ4n) is 1.82. The SMILES string of the molecule is Cn1cc[n+](CCCOc2cc([N+](=O)[O-])ccc2N)c1. The van der Waals surface area contributed by atoms with E-state index in [1.807, 2.05) is 34.9 Å². The Morgan fingerprint density at radius 1 is 1.50 bits per heavy atom. The molecule has 1 aromatic heterocycles. The number of benzene rings is 1. The Balaban J connectivity index is 1.87. The molecule has 0 aliphatic heterocycles. The third kappa shape index (κ3) is 3.47. The minimum absolute atomic E-state index is 0.0216. The summed E-state index contributed by atoms with van der Waals surface area (Å²) < 4.78 is 9.51. The first-order valence-corrected chi connectivity index (χ1v) is 6.24. The van der Waals surface area contributed by atoms with E-state index >= 15 is 0 Å². The van der Waals surface area contributed by atoms with Gasteiger partial charge in [0.15, 0.2) is 0 Å². The summed E-state index contributed by atoms with van der Waals surface area (Å²) in [5.74, 6) is 0.359. The zero-order valence-corrected chi connectivity index (χ0v) is 11.2. The molecule has 0 radical (unpaired) electrons. The Morgan fingerprint density at radius 2 is 2.30 bits per heavy atom. The van der Waals surface area contributed by atoms with Crippen LogP contribution in [0.2, 0.25) is 0 Å². The van der Waals surface area contributed by atoms with Gasteiger partial charge >= 0.3 is 0 Å². The van der Waals surface area contributed by atoms with Gasteiger partial charge < -0.3 is 10.5 Å². The van der Waals surface area contributed by atoms with Crippen molar-refractivity contribution >= 4 is 11.4 Å². The highest BCUT2D eigenvalue weighted by atomic mass is 16.6. The molecule has 1 heterocycles. The zero-order chi connectivity index (χ0) is 14.5. The molecule has 0 spiro atoms. The second-order valence-corrected chi connectivity index (χ2v) is 4.50. The van der Waals surface area contributed by atoms with E-state index < -0.39 is 4.92 Å². The molecular formula is C13H17N4O3+. The molecule has 0 fully saturated rings. The maximum Gasteiger partial charge on any atom is 0.273 e. The molecule has 0 aliphatic carbocycles. The molecule has 0 saturated heterocycles. The van der Waals surface area contributed by atoms with Crippen LogP contribution in [0.4, 0.5) is 11.4 Å². The number of hydrogen-bond donors (Lipinski definition) is 1. The minimum atomic E-state index is -0.466. The van der Waals surface area contributed by atoms with Gasteiger partial charge in [0.25, 0.3) is 5.69 Å². The molecular weight excluding hydrogens is 260 g/mol. The number of nitro groups is 1. The molecule has 0 atom stereocenters. The number of nitrogens with zero attached hydrogens (tertiary/aromatic N) is 3. The summed E-state index contributed by atoms with van der Waals surface area (Å²) in [6.07, 6.45) is 6.69. The first-order chi connectivity index (χ1) is 9.56. The molecule has 0 saturated carbocycles. The third-order valence-corrected chi connectivity index (χ3v) is 2.85. The van der Waals surface area contributed by atoms with Gasteiger partial charge in [-0.25, -0.2) is 9.13 Å². The van der Waals surface area contributed by atoms with Gasteiger partial charge in [-0.15, -0.1) is 0 Å². The Labute approximate surface area is 116 Å². The van der Waals surface area contributed by atoms with Gasteiger partial charge in [-0.05, 0) is 6.07 Å². The molecule has 2 aromatic rings. The molecule has 2 N–H and O–H groups in total. The number of aromatic nitrogens is 2. The Hall–Kier alpha value is -2.57. The summed E-state index contributed by atoms with van der Waals surface area (Å²) in [6.45, 7) is 1.27. The Morgan fingerprint density at radius 3 is 2.95 bits per heavy atom. The lowest BCUT2D eigenvalue weighted by molar-refractivity contribution is -0.696. The van der Waals surface area contributed by atoms with Crippen molar-refractivity contribution in [2.45, 2.75) is 13.0 Å². The number of imidazole rings is 1. The Kier molecular flexibility index (Phi) is 4.19. The number of nitrogens with two attached hydrogens (primary N) is 1. The number of ether oxygens (including phenoxy) is 1. The lowest BCUT2D eigenvalue weighted by Gasteiger charge is -2.07. The van der Waals surface area contributed by atoms with Crippen molar-refractivity contribution in [2.75, 3.05) is 12.3 Å². The van der Waals surface area contributed by atoms with E-state index in [0.29, 0.717) is 18.0 Å². The number of non-ortho nitro benzene ring substituents is 1. The molecule has 106 valence electrons. The van der Waals surface area contributed by atoms with Crippen molar-refractivity contribution in [1.82, 2.24) is 4.57 Å². The van der Waals surface area contributed by atoms with Crippen LogP contribution < -0.4 is 15.0 Å². The van der Waals surface area contributed by atoms with Crippen LogP contribution in [0.25, 0.3) is 0 Å². The standard InChI is InChI=1S/C13H17N4O3/c1-15-6-7-16(10-15)5-2-8-20-13-9-11(17(18)19)3-4-12(13)14/h3-4,6-7,9-10H,2,5,8,14H2,1H3/q+1. The van der Waals surface area contributed by atoms with Crippen LogP contribution in [0.3, 0.4) is 0 Å². The smallest absolute Gasteiger partial charge is 0.273 e. The molecule has 0 amide bonds. The predicted octanol–water partition coefficient (Wildman–Crippen LogP) is 1.27. The molecule has 1 aromatic carbocycles. The summed E-state index contributed by atoms with van der Waals surface area (Å²) in [5.41, 5.74) is 6.11. The van der Waals surface area contributed by atoms with Crippen LogP contribution in [0.5, 0.6) is 5.75 Å². The summed E-state index contributed by atoms with van der Waals surface area (Å²) in [4.78, 5) is 10.2. The van der Waals surface area contributed by atoms with Crippen molar-refractivity contribution in [3.05, 3.63) is 47.0 Å². The van der Waals surface area contributed by atoms with Crippen molar-refractivity contribution in [1.29, 1.82) is 0 Å². The van der Waals surface area contributed by atoms with Crippen LogP contribution in [-0.2, 0) is 13.6 Å². The number of rotatable bonds is 6. The molecule has 20 heavy (non-hydrogen) atoms. The lowest BCUT2D eigenvalue weighted by atomic mass is 10.2. The molecule has 2 rings (SSSR count). The fourth-order valence-corrected chi connectivity index (χ4v) is 1.82. The van der Waals surface area contributed by atoms with Crippen LogP contribution in [-0.4, -0.2) is 16.1 Å². The number of aryl methyl sites for hydroxylation is 2. The van der Waals surface area contributed by atoms with Crippen LogP contribution in [0.1, 0.15) is 6.42 Å². The van der Waals surface area contributed by atoms with E-state index in [1.54, 1.807) is 0 Å². The van der Waals surface area contributed by atoms with Gasteiger partial charge in [0.2, 0.25) is 6.33 Å². The van der Waals surface area contributed by atoms with Gasteiger partial charge in [-0.1, -0.05) is 0 Å². The van der Waals surface area contributed by atoms with Crippen molar-refractivity contribution < 1.29 is 14.2 Å². The number of hydrogen-bond acceptors (Lipinski definition) is 4. The maximum absolute atomic E-state index is 10.7. The third-order valence-electron chi connectivity index (χ3n) is 2.85. The zero-order valence-electron chi connectivity index (χ0n) is 11.2. The minimum Gasteiger partial charge on any atom is -0.491 e. The number of nitrogen functional groups attached to an aromatic ring is 1. The predicted molar refractivity (Wildman–Crippen MR) is 73.2 cm³/mol. The van der Waals surface area contributed by atoms with E-state index in [2.05, 4.69) is 0 Å². The largest absolute Gasteiger partial charge is 0.491 e. The van der Waals surface area contributed by atoms with E-state index in [9.17, 15) is 10.1 Å². The van der Waals surface area contributed by atoms with Crippen LogP contribution >= 0.6 is 0 Å². The highest BCUT2D eigenvalue weighted by Crippen LogP contribution is 2.26. The maximum atomic E-state index is 10.7. The number of nitro benzene ring substituents is 1. The van der Waals surface area contributed by atoms with E-state index in [-0.39, 0.29) is 5.69 Å². The van der Waals surface area contributed by atoms with E-state index in [4.69, 9.17) is 10.5 Å². The first kappa shape index (κ1) is 13.9. The first-order valence-electron chi connectivity index (χ1n) is 6.24. The lowest BCUT2D eigenvalue weighted by Crippen LogP contribution is -2.31. The second-order valence-electron chi connectivity index (χ2n) is 4.50. The fraction of sp³-hybridized carbons (Fsp3) is 0.308.